The average Bonchev–Trinajstić information content (AvgIpc) is 3.07. The second kappa shape index (κ2) is 7.72. The fourth-order valence-corrected chi connectivity index (χ4v) is 5.91. The van der Waals surface area contributed by atoms with Crippen LogP contribution >= 0.6 is 23.7 Å². The molecule has 0 saturated carbocycles. The molecule has 3 heterocycles. The number of hydrogen-bond acceptors (Lipinski definition) is 5. The third-order valence-electron chi connectivity index (χ3n) is 4.15. The van der Waals surface area contributed by atoms with Gasteiger partial charge in [-0.1, -0.05) is 26.8 Å². The lowest BCUT2D eigenvalue weighted by molar-refractivity contribution is 0.271. The fourth-order valence-electron chi connectivity index (χ4n) is 2.81. The minimum Gasteiger partial charge on any atom is -0.313 e. The molecule has 1 N–H and O–H groups in total. The lowest BCUT2D eigenvalue weighted by Gasteiger charge is -2.34. The number of piperazine rings is 1. The van der Waals surface area contributed by atoms with Crippen LogP contribution in [0.1, 0.15) is 37.3 Å². The number of sulfonamides is 1. The van der Waals surface area contributed by atoms with Crippen LogP contribution in [-0.2, 0) is 15.4 Å². The summed E-state index contributed by atoms with van der Waals surface area (Å²) in [5, 5.41) is 3.29. The second-order valence-electron chi connectivity index (χ2n) is 6.99. The predicted octanol–water partition coefficient (Wildman–Crippen LogP) is 3.20. The number of nitrogens with one attached hydrogen (secondary N) is 1. The highest BCUT2D eigenvalue weighted by molar-refractivity contribution is 7.91. The van der Waals surface area contributed by atoms with Crippen molar-refractivity contribution in [2.45, 2.75) is 36.4 Å². The van der Waals surface area contributed by atoms with E-state index in [1.54, 1.807) is 22.8 Å². The van der Waals surface area contributed by atoms with Crippen molar-refractivity contribution in [1.29, 1.82) is 0 Å². The zero-order valence-corrected chi connectivity index (χ0v) is 17.0. The first-order valence-corrected chi connectivity index (χ1v) is 10.3. The van der Waals surface area contributed by atoms with Crippen LogP contribution in [0.15, 0.2) is 40.9 Å². The average molecular weight is 402 g/mol. The molecule has 3 rings (SSSR count). The molecule has 1 atom stereocenters. The van der Waals surface area contributed by atoms with Crippen LogP contribution in [0.2, 0.25) is 0 Å². The molecule has 8 heteroatoms. The van der Waals surface area contributed by atoms with Crippen LogP contribution in [0.25, 0.3) is 0 Å². The van der Waals surface area contributed by atoms with Crippen LogP contribution in [-0.4, -0.2) is 37.3 Å². The van der Waals surface area contributed by atoms with Gasteiger partial charge < -0.3 is 5.32 Å². The maximum atomic E-state index is 13.2. The van der Waals surface area contributed by atoms with Crippen molar-refractivity contribution in [2.24, 2.45) is 0 Å². The van der Waals surface area contributed by atoms with Crippen molar-refractivity contribution in [1.82, 2.24) is 14.6 Å². The normalized spacial score (nSPS) is 19.4. The maximum absolute atomic E-state index is 13.2. The number of pyridine rings is 1. The number of nitrogens with zero attached hydrogens (tertiary/aromatic N) is 2. The smallest absolute Gasteiger partial charge is 0.253 e. The molecule has 25 heavy (non-hydrogen) atoms. The molecule has 2 aromatic heterocycles. The van der Waals surface area contributed by atoms with Crippen LogP contribution in [0.4, 0.5) is 0 Å². The summed E-state index contributed by atoms with van der Waals surface area (Å²) in [6, 6.07) is 7.22. The highest BCUT2D eigenvalue weighted by Gasteiger charge is 2.35. The van der Waals surface area contributed by atoms with Crippen LogP contribution in [0.5, 0.6) is 0 Å². The minimum atomic E-state index is -3.51. The molecule has 1 aliphatic rings. The van der Waals surface area contributed by atoms with Gasteiger partial charge in [0.15, 0.2) is 0 Å². The first-order chi connectivity index (χ1) is 11.3. The Morgan fingerprint density at radius 1 is 1.28 bits per heavy atom. The first-order valence-electron chi connectivity index (χ1n) is 8.03. The van der Waals surface area contributed by atoms with Crippen LogP contribution in [0.3, 0.4) is 0 Å². The molecule has 0 radical (unpaired) electrons. The number of rotatable bonds is 3. The Labute approximate surface area is 159 Å². The fraction of sp³-hybridized carbons (Fsp3) is 0.471. The van der Waals surface area contributed by atoms with Crippen molar-refractivity contribution in [2.75, 3.05) is 19.6 Å². The molecule has 1 saturated heterocycles. The van der Waals surface area contributed by atoms with E-state index in [-0.39, 0.29) is 23.9 Å². The van der Waals surface area contributed by atoms with Gasteiger partial charge in [0.2, 0.25) is 0 Å². The lowest BCUT2D eigenvalue weighted by Crippen LogP contribution is -2.48. The molecule has 1 aliphatic heterocycles. The Balaban J connectivity index is 0.00000225. The van der Waals surface area contributed by atoms with E-state index in [4.69, 9.17) is 0 Å². The molecule has 1 unspecified atom stereocenters. The SMILES string of the molecule is CC(C)(C)c1ccc(S(=O)(=O)N2CCNCC2c2cccnc2)s1.Cl. The van der Waals surface area contributed by atoms with Gasteiger partial charge in [0.05, 0.1) is 6.04 Å². The van der Waals surface area contributed by atoms with Crippen molar-refractivity contribution in [3.63, 3.8) is 0 Å². The third kappa shape index (κ3) is 4.23. The maximum Gasteiger partial charge on any atom is 0.253 e. The van der Waals surface area contributed by atoms with E-state index in [9.17, 15) is 8.42 Å². The van der Waals surface area contributed by atoms with Gasteiger partial charge in [-0.15, -0.1) is 23.7 Å². The van der Waals surface area contributed by atoms with Gasteiger partial charge in [0.25, 0.3) is 10.0 Å². The monoisotopic (exact) mass is 401 g/mol. The summed E-state index contributed by atoms with van der Waals surface area (Å²) in [5.41, 5.74) is 0.867. The molecule has 0 spiro atoms. The Morgan fingerprint density at radius 2 is 2.04 bits per heavy atom. The van der Waals surface area contributed by atoms with E-state index in [1.807, 2.05) is 18.2 Å². The van der Waals surface area contributed by atoms with E-state index in [0.29, 0.717) is 23.8 Å². The molecule has 0 aliphatic carbocycles. The van der Waals surface area contributed by atoms with Gasteiger partial charge in [-0.25, -0.2) is 8.42 Å². The molecule has 138 valence electrons. The first kappa shape index (κ1) is 20.3. The number of halogens is 1. The van der Waals surface area contributed by atoms with Crippen molar-refractivity contribution < 1.29 is 8.42 Å². The van der Waals surface area contributed by atoms with Crippen molar-refractivity contribution in [3.8, 4) is 0 Å². The van der Waals surface area contributed by atoms with Crippen molar-refractivity contribution >= 4 is 33.8 Å². The molecule has 1 fully saturated rings. The van der Waals surface area contributed by atoms with Gasteiger partial charge in [0, 0.05) is 36.9 Å². The molecular formula is C17H24ClN3O2S2. The Morgan fingerprint density at radius 3 is 2.64 bits per heavy atom. The standard InChI is InChI=1S/C17H23N3O2S2.ClH/c1-17(2,3)15-6-7-16(23-15)24(21,22)20-10-9-19-12-14(20)13-5-4-8-18-11-13;/h4-8,11,14,19H,9-10,12H2,1-3H3;1H. The number of thiophene rings is 1. The summed E-state index contributed by atoms with van der Waals surface area (Å²) >= 11 is 1.37. The number of hydrogen-bond donors (Lipinski definition) is 1. The summed E-state index contributed by atoms with van der Waals surface area (Å²) in [7, 11) is -3.51. The van der Waals surface area contributed by atoms with Crippen molar-refractivity contribution in [3.05, 3.63) is 47.1 Å². The molecule has 0 bridgehead atoms. The predicted molar refractivity (Wildman–Crippen MR) is 104 cm³/mol. The zero-order chi connectivity index (χ0) is 17.4. The lowest BCUT2D eigenvalue weighted by atomic mass is 9.95. The largest absolute Gasteiger partial charge is 0.313 e. The van der Waals surface area contributed by atoms with E-state index in [0.717, 1.165) is 10.4 Å². The Bertz CT molecular complexity index is 801. The molecule has 5 nitrogen and oxygen atoms in total. The Kier molecular flexibility index (Phi) is 6.27. The van der Waals surface area contributed by atoms with Gasteiger partial charge in [-0.3, -0.25) is 4.98 Å². The highest BCUT2D eigenvalue weighted by Crippen LogP contribution is 2.35. The molecule has 2 aromatic rings. The highest BCUT2D eigenvalue weighted by atomic mass is 35.5. The number of aromatic nitrogens is 1. The van der Waals surface area contributed by atoms with Gasteiger partial charge in [-0.2, -0.15) is 4.31 Å². The third-order valence-corrected chi connectivity index (χ3v) is 8.03. The van der Waals surface area contributed by atoms with Gasteiger partial charge >= 0.3 is 0 Å². The molecule has 0 aromatic carbocycles. The summed E-state index contributed by atoms with van der Waals surface area (Å²) in [4.78, 5) is 5.22. The van der Waals surface area contributed by atoms with E-state index in [2.05, 4.69) is 31.1 Å². The topological polar surface area (TPSA) is 62.3 Å². The second-order valence-corrected chi connectivity index (χ2v) is 10.2. The van der Waals surface area contributed by atoms with Gasteiger partial charge in [0.1, 0.15) is 4.21 Å². The van der Waals surface area contributed by atoms with E-state index in [1.165, 1.54) is 11.3 Å². The zero-order valence-electron chi connectivity index (χ0n) is 14.6. The van der Waals surface area contributed by atoms with Crippen LogP contribution in [0, 0.1) is 0 Å². The minimum absolute atomic E-state index is 0. The Hall–Kier alpha value is -0.990. The summed E-state index contributed by atoms with van der Waals surface area (Å²) in [5.74, 6) is 0. The van der Waals surface area contributed by atoms with E-state index >= 15 is 0 Å². The molecule has 0 amide bonds. The quantitative estimate of drug-likeness (QED) is 0.857. The molecular weight excluding hydrogens is 378 g/mol. The summed E-state index contributed by atoms with van der Waals surface area (Å²) in [6.07, 6.45) is 3.45. The summed E-state index contributed by atoms with van der Waals surface area (Å²) in [6.45, 7) is 8.01. The summed E-state index contributed by atoms with van der Waals surface area (Å²) < 4.78 is 28.4. The van der Waals surface area contributed by atoms with Crippen LogP contribution < -0.4 is 5.32 Å². The van der Waals surface area contributed by atoms with E-state index < -0.39 is 10.0 Å². The van der Waals surface area contributed by atoms with Gasteiger partial charge in [-0.05, 0) is 29.2 Å².